The van der Waals surface area contributed by atoms with Crippen LogP contribution in [0, 0.1) is 0 Å². The highest BCUT2D eigenvalue weighted by Crippen LogP contribution is 2.21. The zero-order valence-electron chi connectivity index (χ0n) is 10.1. The van der Waals surface area contributed by atoms with Crippen molar-refractivity contribution in [1.82, 2.24) is 10.5 Å². The van der Waals surface area contributed by atoms with Crippen LogP contribution in [0.2, 0.25) is 0 Å². The van der Waals surface area contributed by atoms with Crippen LogP contribution >= 0.6 is 0 Å². The maximum absolute atomic E-state index is 10.6. The van der Waals surface area contributed by atoms with Crippen molar-refractivity contribution in [3.8, 4) is 0 Å². The van der Waals surface area contributed by atoms with Crippen LogP contribution in [0.25, 0.3) is 0 Å². The molecule has 1 aromatic rings. The van der Waals surface area contributed by atoms with Gasteiger partial charge in [0.15, 0.2) is 11.5 Å². The van der Waals surface area contributed by atoms with E-state index in [1.165, 1.54) is 6.07 Å². The molecule has 1 aliphatic rings. The summed E-state index contributed by atoms with van der Waals surface area (Å²) in [6.45, 7) is 2.28. The van der Waals surface area contributed by atoms with E-state index in [9.17, 15) is 4.79 Å². The number of carboxylic acid groups (broad SMARTS) is 1. The molecule has 7 nitrogen and oxygen atoms in total. The van der Waals surface area contributed by atoms with Crippen LogP contribution in [0.15, 0.2) is 10.6 Å². The monoisotopic (exact) mass is 256 g/mol. The molecule has 7 heteroatoms. The summed E-state index contributed by atoms with van der Waals surface area (Å²) >= 11 is 0. The zero-order chi connectivity index (χ0) is 13.0. The highest BCUT2D eigenvalue weighted by molar-refractivity contribution is 5.85. The lowest BCUT2D eigenvalue weighted by Crippen LogP contribution is -2.42. The molecule has 1 saturated heterocycles. The molecule has 0 aliphatic carbocycles. The molecular formula is C11H16N2O5. The molecule has 1 atom stereocenters. The summed E-state index contributed by atoms with van der Waals surface area (Å²) in [6, 6.07) is 1.40. The molecule has 0 amide bonds. The smallest absolute Gasteiger partial charge is 0.358 e. The Bertz CT molecular complexity index is 411. The Kier molecular flexibility index (Phi) is 3.95. The van der Waals surface area contributed by atoms with Crippen LogP contribution in [0.4, 0.5) is 0 Å². The molecule has 100 valence electrons. The molecule has 0 saturated carbocycles. The molecule has 0 spiro atoms. The Morgan fingerprint density at radius 2 is 2.56 bits per heavy atom. The number of rotatable bonds is 6. The zero-order valence-corrected chi connectivity index (χ0v) is 10.1. The van der Waals surface area contributed by atoms with Crippen molar-refractivity contribution in [2.45, 2.75) is 18.6 Å². The summed E-state index contributed by atoms with van der Waals surface area (Å²) in [5.41, 5.74) is -0.382. The first-order valence-electron chi connectivity index (χ1n) is 5.68. The van der Waals surface area contributed by atoms with Gasteiger partial charge in [-0.05, 0) is 0 Å². The Hall–Kier alpha value is -1.44. The van der Waals surface area contributed by atoms with E-state index in [2.05, 4.69) is 10.5 Å². The Morgan fingerprint density at radius 3 is 3.11 bits per heavy atom. The number of hydrogen-bond acceptors (Lipinski definition) is 6. The molecule has 1 aromatic heterocycles. The van der Waals surface area contributed by atoms with E-state index in [1.54, 1.807) is 7.11 Å². The van der Waals surface area contributed by atoms with Crippen molar-refractivity contribution in [1.29, 1.82) is 0 Å². The predicted octanol–water partition coefficient (Wildman–Crippen LogP) is 0.268. The molecule has 0 bridgehead atoms. The maximum Gasteiger partial charge on any atom is 0.358 e. The highest BCUT2D eigenvalue weighted by atomic mass is 16.5. The van der Waals surface area contributed by atoms with E-state index in [0.29, 0.717) is 32.1 Å². The first kappa shape index (κ1) is 13.0. The van der Waals surface area contributed by atoms with Gasteiger partial charge in [0, 0.05) is 32.7 Å². The number of aromatic nitrogens is 1. The Labute approximate surface area is 104 Å². The summed E-state index contributed by atoms with van der Waals surface area (Å²) in [7, 11) is 1.66. The van der Waals surface area contributed by atoms with E-state index < -0.39 is 5.97 Å². The maximum atomic E-state index is 10.6. The molecule has 1 fully saturated rings. The van der Waals surface area contributed by atoms with Crippen molar-refractivity contribution >= 4 is 5.97 Å². The van der Waals surface area contributed by atoms with E-state index in [1.807, 2.05) is 0 Å². The molecule has 2 N–H and O–H groups in total. The summed E-state index contributed by atoms with van der Waals surface area (Å²) in [5, 5.41) is 15.3. The molecule has 1 aliphatic heterocycles. The fraction of sp³-hybridized carbons (Fsp3) is 0.636. The number of carboxylic acids is 1. The Balaban J connectivity index is 1.82. The third-order valence-corrected chi connectivity index (χ3v) is 3.02. The summed E-state index contributed by atoms with van der Waals surface area (Å²) in [4.78, 5) is 10.6. The van der Waals surface area contributed by atoms with Crippen LogP contribution in [-0.2, 0) is 16.0 Å². The van der Waals surface area contributed by atoms with Gasteiger partial charge in [-0.3, -0.25) is 0 Å². The highest BCUT2D eigenvalue weighted by Gasteiger charge is 2.34. The van der Waals surface area contributed by atoms with Gasteiger partial charge in [-0.25, -0.2) is 4.79 Å². The second-order valence-corrected chi connectivity index (χ2v) is 4.28. The second-order valence-electron chi connectivity index (χ2n) is 4.28. The summed E-state index contributed by atoms with van der Waals surface area (Å²) in [5.74, 6) is -0.611. The fourth-order valence-corrected chi connectivity index (χ4v) is 1.87. The van der Waals surface area contributed by atoms with Gasteiger partial charge in [-0.1, -0.05) is 5.16 Å². The van der Waals surface area contributed by atoms with Gasteiger partial charge < -0.3 is 24.4 Å². The number of nitrogens with one attached hydrogen (secondary N) is 1. The van der Waals surface area contributed by atoms with Gasteiger partial charge in [0.25, 0.3) is 0 Å². The van der Waals surface area contributed by atoms with E-state index in [0.717, 1.165) is 6.42 Å². The normalized spacial score (nSPS) is 23.4. The minimum atomic E-state index is -1.09. The van der Waals surface area contributed by atoms with Crippen molar-refractivity contribution < 1.29 is 23.9 Å². The minimum absolute atomic E-state index is 0.0857. The number of methoxy groups -OCH3 is 1. The molecule has 0 aromatic carbocycles. The minimum Gasteiger partial charge on any atom is -0.476 e. The van der Waals surface area contributed by atoms with Crippen molar-refractivity contribution in [3.63, 3.8) is 0 Å². The predicted molar refractivity (Wildman–Crippen MR) is 60.3 cm³/mol. The topological polar surface area (TPSA) is 93.8 Å². The second kappa shape index (κ2) is 5.47. The Morgan fingerprint density at radius 1 is 1.72 bits per heavy atom. The number of ether oxygens (including phenoxy) is 2. The standard InChI is InChI=1S/C11H16N2O5/c1-16-11(2-3-17-7-11)6-12-5-8-4-9(10(14)15)13-18-8/h4,12H,2-3,5-7H2,1H3,(H,14,15). The number of carbonyl (C=O) groups is 1. The van der Waals surface area contributed by atoms with Crippen molar-refractivity contribution in [3.05, 3.63) is 17.5 Å². The lowest BCUT2D eigenvalue weighted by Gasteiger charge is -2.25. The first-order valence-corrected chi connectivity index (χ1v) is 5.68. The van der Waals surface area contributed by atoms with Gasteiger partial charge >= 0.3 is 5.97 Å². The third-order valence-electron chi connectivity index (χ3n) is 3.02. The van der Waals surface area contributed by atoms with E-state index in [4.69, 9.17) is 19.1 Å². The molecule has 2 rings (SSSR count). The average molecular weight is 256 g/mol. The quantitative estimate of drug-likeness (QED) is 0.754. The number of aromatic carboxylic acids is 1. The van der Waals surface area contributed by atoms with Gasteiger partial charge in [-0.2, -0.15) is 0 Å². The molecule has 0 radical (unpaired) electrons. The number of nitrogens with zero attached hydrogens (tertiary/aromatic N) is 1. The van der Waals surface area contributed by atoms with Gasteiger partial charge in [0.1, 0.15) is 5.60 Å². The lowest BCUT2D eigenvalue weighted by atomic mass is 10.0. The van der Waals surface area contributed by atoms with Crippen molar-refractivity contribution in [2.24, 2.45) is 0 Å². The first-order chi connectivity index (χ1) is 8.65. The van der Waals surface area contributed by atoms with Crippen molar-refractivity contribution in [2.75, 3.05) is 26.9 Å². The SMILES string of the molecule is COC1(CNCc2cc(C(=O)O)no2)CCOC1. The lowest BCUT2D eigenvalue weighted by molar-refractivity contribution is -0.0162. The largest absolute Gasteiger partial charge is 0.476 e. The molecule has 1 unspecified atom stereocenters. The van der Waals surface area contributed by atoms with Crippen LogP contribution in [0.5, 0.6) is 0 Å². The van der Waals surface area contributed by atoms with Crippen LogP contribution < -0.4 is 5.32 Å². The van der Waals surface area contributed by atoms with Gasteiger partial charge in [0.2, 0.25) is 0 Å². The van der Waals surface area contributed by atoms with Gasteiger partial charge in [0.05, 0.1) is 13.2 Å². The van der Waals surface area contributed by atoms with Gasteiger partial charge in [-0.15, -0.1) is 0 Å². The molecule has 2 heterocycles. The molecular weight excluding hydrogens is 240 g/mol. The summed E-state index contributed by atoms with van der Waals surface area (Å²) < 4.78 is 15.7. The average Bonchev–Trinajstić information content (AvgIpc) is 2.98. The van der Waals surface area contributed by atoms with Crippen LogP contribution in [0.3, 0.4) is 0 Å². The third kappa shape index (κ3) is 2.87. The van der Waals surface area contributed by atoms with Crippen LogP contribution in [-0.4, -0.2) is 48.7 Å². The fourth-order valence-electron chi connectivity index (χ4n) is 1.87. The number of hydrogen-bond donors (Lipinski definition) is 2. The van der Waals surface area contributed by atoms with Crippen LogP contribution in [0.1, 0.15) is 22.7 Å². The van der Waals surface area contributed by atoms with E-state index >= 15 is 0 Å². The molecule has 18 heavy (non-hydrogen) atoms. The van der Waals surface area contributed by atoms with E-state index in [-0.39, 0.29) is 11.3 Å². The summed E-state index contributed by atoms with van der Waals surface area (Å²) in [6.07, 6.45) is 0.841.